The van der Waals surface area contributed by atoms with Crippen LogP contribution >= 0.6 is 31.9 Å². The van der Waals surface area contributed by atoms with Crippen LogP contribution in [0.2, 0.25) is 0 Å². The van der Waals surface area contributed by atoms with E-state index < -0.39 is 17.8 Å². The van der Waals surface area contributed by atoms with Gasteiger partial charge in [-0.1, -0.05) is 86.5 Å². The number of hydrogen-bond acceptors (Lipinski definition) is 4. The molecule has 1 saturated heterocycles. The van der Waals surface area contributed by atoms with Crippen LogP contribution in [0.5, 0.6) is 5.75 Å². The van der Waals surface area contributed by atoms with Crippen LogP contribution in [-0.2, 0) is 16.2 Å². The summed E-state index contributed by atoms with van der Waals surface area (Å²) >= 11 is 6.97. The number of carbonyl (C=O) groups excluding carboxylic acids is 3. The van der Waals surface area contributed by atoms with Gasteiger partial charge in [-0.3, -0.25) is 9.59 Å². The zero-order chi connectivity index (χ0) is 26.6. The minimum absolute atomic E-state index is 0.121. The quantitative estimate of drug-likeness (QED) is 0.165. The smallest absolute Gasteiger partial charge is 0.343 e. The Hall–Kier alpha value is -4.01. The Morgan fingerprint density at radius 2 is 1.24 bits per heavy atom. The Labute approximate surface area is 236 Å². The van der Waals surface area contributed by atoms with Crippen LogP contribution in [0, 0.1) is 0 Å². The number of imide groups is 2. The second-order valence-corrected chi connectivity index (χ2v) is 10.2. The number of amides is 4. The van der Waals surface area contributed by atoms with E-state index in [-0.39, 0.29) is 5.57 Å². The predicted octanol–water partition coefficient (Wildman–Crippen LogP) is 7.37. The number of halogens is 2. The standard InChI is InChI=1S/C30H20Br2N2O4/c31-22-14-13-21(27(32)18-22)19-38-25-15-11-20(12-16-25)17-26-28(35)33(23-7-3-1-4-8-23)30(37)34(29(26)36)24-9-5-2-6-10-24/h1-18H,19H2. The molecule has 5 rings (SSSR count). The maximum atomic E-state index is 13.5. The lowest BCUT2D eigenvalue weighted by Crippen LogP contribution is -2.57. The molecule has 0 spiro atoms. The van der Waals surface area contributed by atoms with Crippen LogP contribution in [0.4, 0.5) is 16.2 Å². The summed E-state index contributed by atoms with van der Waals surface area (Å²) in [7, 11) is 0. The molecule has 4 aromatic rings. The fraction of sp³-hybridized carbons (Fsp3) is 0.0333. The van der Waals surface area contributed by atoms with Gasteiger partial charge in [0.25, 0.3) is 11.8 Å². The first kappa shape index (κ1) is 25.6. The van der Waals surface area contributed by atoms with Gasteiger partial charge in [-0.05, 0) is 60.2 Å². The number of carbonyl (C=O) groups is 3. The number of benzene rings is 4. The van der Waals surface area contributed by atoms with Crippen molar-refractivity contribution >= 4 is 67.2 Å². The first-order valence-corrected chi connectivity index (χ1v) is 13.2. The number of para-hydroxylation sites is 2. The number of hydrogen-bond donors (Lipinski definition) is 0. The van der Waals surface area contributed by atoms with E-state index in [0.717, 1.165) is 24.3 Å². The largest absolute Gasteiger partial charge is 0.489 e. The molecule has 4 aromatic carbocycles. The maximum absolute atomic E-state index is 13.5. The third kappa shape index (κ3) is 5.32. The third-order valence-electron chi connectivity index (χ3n) is 5.88. The van der Waals surface area contributed by atoms with E-state index in [4.69, 9.17) is 4.74 Å². The van der Waals surface area contributed by atoms with Gasteiger partial charge >= 0.3 is 6.03 Å². The maximum Gasteiger partial charge on any atom is 0.343 e. The highest BCUT2D eigenvalue weighted by atomic mass is 79.9. The summed E-state index contributed by atoms with van der Waals surface area (Å²) in [4.78, 5) is 42.4. The summed E-state index contributed by atoms with van der Waals surface area (Å²) in [5.41, 5.74) is 2.25. The van der Waals surface area contributed by atoms with Gasteiger partial charge in [0, 0.05) is 14.5 Å². The molecule has 1 fully saturated rings. The van der Waals surface area contributed by atoms with Crippen molar-refractivity contribution < 1.29 is 19.1 Å². The molecule has 0 unspecified atom stereocenters. The van der Waals surface area contributed by atoms with Crippen molar-refractivity contribution in [2.75, 3.05) is 9.80 Å². The molecule has 1 aliphatic rings. The van der Waals surface area contributed by atoms with E-state index in [1.807, 2.05) is 18.2 Å². The molecular weight excluding hydrogens is 612 g/mol. The SMILES string of the molecule is O=C1C(=Cc2ccc(OCc3ccc(Br)cc3Br)cc2)C(=O)N(c2ccccc2)C(=O)N1c1ccccc1. The van der Waals surface area contributed by atoms with E-state index in [9.17, 15) is 14.4 Å². The predicted molar refractivity (Wildman–Crippen MR) is 154 cm³/mol. The van der Waals surface area contributed by atoms with Crippen LogP contribution in [0.1, 0.15) is 11.1 Å². The summed E-state index contributed by atoms with van der Waals surface area (Å²) < 4.78 is 7.80. The molecule has 8 heteroatoms. The topological polar surface area (TPSA) is 66.9 Å². The molecule has 0 saturated carbocycles. The van der Waals surface area contributed by atoms with Crippen molar-refractivity contribution in [2.45, 2.75) is 6.61 Å². The molecule has 0 radical (unpaired) electrons. The zero-order valence-corrected chi connectivity index (χ0v) is 23.1. The lowest BCUT2D eigenvalue weighted by atomic mass is 10.0. The van der Waals surface area contributed by atoms with Crippen molar-refractivity contribution in [2.24, 2.45) is 0 Å². The molecule has 0 bridgehead atoms. The molecule has 0 aliphatic carbocycles. The van der Waals surface area contributed by atoms with Gasteiger partial charge in [0.05, 0.1) is 11.4 Å². The number of nitrogens with zero attached hydrogens (tertiary/aromatic N) is 2. The molecule has 0 atom stereocenters. The van der Waals surface area contributed by atoms with Crippen molar-refractivity contribution in [3.8, 4) is 5.75 Å². The van der Waals surface area contributed by atoms with Gasteiger partial charge < -0.3 is 4.74 Å². The zero-order valence-electron chi connectivity index (χ0n) is 19.9. The first-order chi connectivity index (χ1) is 18.4. The second-order valence-electron chi connectivity index (χ2n) is 8.39. The highest BCUT2D eigenvalue weighted by molar-refractivity contribution is 9.11. The van der Waals surface area contributed by atoms with Crippen molar-refractivity contribution in [3.05, 3.63) is 129 Å². The minimum Gasteiger partial charge on any atom is -0.489 e. The lowest BCUT2D eigenvalue weighted by molar-refractivity contribution is -0.121. The average molecular weight is 632 g/mol. The summed E-state index contributed by atoms with van der Waals surface area (Å²) in [6.45, 7) is 0.367. The lowest BCUT2D eigenvalue weighted by Gasteiger charge is -2.33. The molecule has 1 aliphatic heterocycles. The Morgan fingerprint density at radius 1 is 0.684 bits per heavy atom. The second kappa shape index (κ2) is 11.2. The van der Waals surface area contributed by atoms with Gasteiger partial charge in [0.2, 0.25) is 0 Å². The average Bonchev–Trinajstić information content (AvgIpc) is 2.92. The number of ether oxygens (including phenoxy) is 1. The fourth-order valence-corrected chi connectivity index (χ4v) is 5.13. The summed E-state index contributed by atoms with van der Waals surface area (Å²) in [5.74, 6) is -0.729. The van der Waals surface area contributed by atoms with E-state index in [1.165, 1.54) is 6.08 Å². The van der Waals surface area contributed by atoms with Crippen LogP contribution in [0.3, 0.4) is 0 Å². The monoisotopic (exact) mass is 630 g/mol. The number of rotatable bonds is 6. The van der Waals surface area contributed by atoms with Crippen LogP contribution in [0.15, 0.2) is 118 Å². The van der Waals surface area contributed by atoms with Gasteiger partial charge in [-0.25, -0.2) is 14.6 Å². The molecule has 6 nitrogen and oxygen atoms in total. The number of urea groups is 1. The molecule has 188 valence electrons. The Bertz CT molecular complexity index is 1470. The summed E-state index contributed by atoms with van der Waals surface area (Å²) in [6, 6.07) is 29.3. The Balaban J connectivity index is 1.44. The summed E-state index contributed by atoms with van der Waals surface area (Å²) in [6.07, 6.45) is 1.50. The normalized spacial score (nSPS) is 13.6. The Kier molecular flexibility index (Phi) is 7.53. The first-order valence-electron chi connectivity index (χ1n) is 11.6. The van der Waals surface area contributed by atoms with Crippen LogP contribution in [0.25, 0.3) is 6.08 Å². The third-order valence-corrected chi connectivity index (χ3v) is 7.11. The molecule has 4 amide bonds. The highest BCUT2D eigenvalue weighted by Crippen LogP contribution is 2.30. The van der Waals surface area contributed by atoms with Crippen molar-refractivity contribution in [1.82, 2.24) is 0 Å². The Morgan fingerprint density at radius 3 is 1.76 bits per heavy atom. The molecular formula is C30H20Br2N2O4. The van der Waals surface area contributed by atoms with Crippen LogP contribution < -0.4 is 14.5 Å². The molecule has 1 heterocycles. The summed E-state index contributed by atoms with van der Waals surface area (Å²) in [5, 5.41) is 0. The van der Waals surface area contributed by atoms with Gasteiger partial charge in [0.15, 0.2) is 0 Å². The van der Waals surface area contributed by atoms with Crippen LogP contribution in [-0.4, -0.2) is 17.8 Å². The van der Waals surface area contributed by atoms with E-state index in [0.29, 0.717) is 29.3 Å². The number of anilines is 2. The van der Waals surface area contributed by atoms with Gasteiger partial charge in [0.1, 0.15) is 17.9 Å². The number of barbiturate groups is 1. The van der Waals surface area contributed by atoms with E-state index in [2.05, 4.69) is 31.9 Å². The molecule has 38 heavy (non-hydrogen) atoms. The minimum atomic E-state index is -0.725. The van der Waals surface area contributed by atoms with E-state index >= 15 is 0 Å². The van der Waals surface area contributed by atoms with E-state index in [1.54, 1.807) is 84.9 Å². The molecule has 0 aromatic heterocycles. The van der Waals surface area contributed by atoms with Crippen molar-refractivity contribution in [1.29, 1.82) is 0 Å². The highest BCUT2D eigenvalue weighted by Gasteiger charge is 2.43. The molecule has 0 N–H and O–H groups in total. The van der Waals surface area contributed by atoms with Crippen molar-refractivity contribution in [3.63, 3.8) is 0 Å². The van der Waals surface area contributed by atoms with Gasteiger partial charge in [-0.15, -0.1) is 0 Å². The fourth-order valence-electron chi connectivity index (χ4n) is 3.97. The van der Waals surface area contributed by atoms with Gasteiger partial charge in [-0.2, -0.15) is 0 Å².